The molecular formula is C11H9FN6. The summed E-state index contributed by atoms with van der Waals surface area (Å²) in [6.45, 7) is 0. The van der Waals surface area contributed by atoms with Crippen molar-refractivity contribution in [1.82, 2.24) is 19.7 Å². The Morgan fingerprint density at radius 2 is 2.06 bits per heavy atom. The second kappa shape index (κ2) is 4.04. The molecule has 0 aliphatic heterocycles. The molecule has 3 N–H and O–H groups in total. The van der Waals surface area contributed by atoms with Crippen LogP contribution in [-0.4, -0.2) is 19.7 Å². The highest BCUT2D eigenvalue weighted by atomic mass is 19.1. The second-order valence-electron chi connectivity index (χ2n) is 3.61. The number of nitrogens with zero attached hydrogens (tertiary/aromatic N) is 4. The van der Waals surface area contributed by atoms with E-state index in [4.69, 9.17) is 5.84 Å². The maximum absolute atomic E-state index is 13.7. The van der Waals surface area contributed by atoms with Crippen LogP contribution in [0.1, 0.15) is 0 Å². The summed E-state index contributed by atoms with van der Waals surface area (Å²) in [5.74, 6) is 5.42. The molecule has 0 spiro atoms. The van der Waals surface area contributed by atoms with Crippen LogP contribution in [0.2, 0.25) is 0 Å². The van der Waals surface area contributed by atoms with E-state index in [2.05, 4.69) is 20.5 Å². The van der Waals surface area contributed by atoms with E-state index in [1.165, 1.54) is 23.3 Å². The van der Waals surface area contributed by atoms with Gasteiger partial charge < -0.3 is 5.43 Å². The van der Waals surface area contributed by atoms with Gasteiger partial charge in [0.1, 0.15) is 17.8 Å². The van der Waals surface area contributed by atoms with Gasteiger partial charge in [0, 0.05) is 0 Å². The number of halogens is 1. The van der Waals surface area contributed by atoms with Gasteiger partial charge >= 0.3 is 0 Å². The summed E-state index contributed by atoms with van der Waals surface area (Å²) >= 11 is 0. The largest absolute Gasteiger partial charge is 0.308 e. The van der Waals surface area contributed by atoms with Gasteiger partial charge in [0.2, 0.25) is 0 Å². The molecule has 1 aromatic carbocycles. The molecule has 2 heterocycles. The molecule has 90 valence electrons. The molecular weight excluding hydrogens is 235 g/mol. The minimum atomic E-state index is -0.372. The first-order chi connectivity index (χ1) is 8.81. The Balaban J connectivity index is 2.29. The topological polar surface area (TPSA) is 81.7 Å². The van der Waals surface area contributed by atoms with Crippen molar-refractivity contribution in [2.45, 2.75) is 0 Å². The molecule has 0 saturated heterocycles. The number of benzene rings is 1. The lowest BCUT2D eigenvalue weighted by Gasteiger charge is -2.04. The maximum Gasteiger partial charge on any atom is 0.168 e. The summed E-state index contributed by atoms with van der Waals surface area (Å²) in [5, 5.41) is 4.74. The zero-order valence-corrected chi connectivity index (χ0v) is 9.21. The van der Waals surface area contributed by atoms with Crippen molar-refractivity contribution in [2.75, 3.05) is 5.43 Å². The van der Waals surface area contributed by atoms with Crippen LogP contribution in [-0.2, 0) is 0 Å². The zero-order valence-electron chi connectivity index (χ0n) is 9.21. The average molecular weight is 244 g/mol. The van der Waals surface area contributed by atoms with Crippen molar-refractivity contribution in [3.63, 3.8) is 0 Å². The number of nitrogens with one attached hydrogen (secondary N) is 1. The Kier molecular flexibility index (Phi) is 2.38. The van der Waals surface area contributed by atoms with Crippen LogP contribution in [0.15, 0.2) is 36.8 Å². The van der Waals surface area contributed by atoms with Crippen LogP contribution in [0, 0.1) is 5.82 Å². The summed E-state index contributed by atoms with van der Waals surface area (Å²) in [5.41, 5.74) is 3.27. The number of aromatic nitrogens is 4. The molecule has 18 heavy (non-hydrogen) atoms. The Bertz CT molecular complexity index is 708. The standard InChI is InChI=1S/C11H9FN6/c12-8-3-1-2-4-9(8)18-11-7(5-16-18)10(17-13)14-6-15-11/h1-6H,13H2,(H,14,15,17). The summed E-state index contributed by atoms with van der Waals surface area (Å²) in [6.07, 6.45) is 2.88. The Hall–Kier alpha value is -2.54. The number of nitrogens with two attached hydrogens (primary N) is 1. The SMILES string of the molecule is NNc1ncnc2c1cnn2-c1ccccc1F. The Morgan fingerprint density at radius 1 is 1.22 bits per heavy atom. The van der Waals surface area contributed by atoms with Crippen LogP contribution < -0.4 is 11.3 Å². The molecule has 0 fully saturated rings. The molecule has 0 aliphatic rings. The number of hydrazine groups is 1. The van der Waals surface area contributed by atoms with E-state index in [1.807, 2.05) is 0 Å². The van der Waals surface area contributed by atoms with E-state index in [0.29, 0.717) is 22.5 Å². The fourth-order valence-electron chi connectivity index (χ4n) is 1.76. The van der Waals surface area contributed by atoms with Crippen molar-refractivity contribution >= 4 is 16.9 Å². The van der Waals surface area contributed by atoms with Crippen LogP contribution in [0.4, 0.5) is 10.2 Å². The van der Waals surface area contributed by atoms with Gasteiger partial charge in [0.25, 0.3) is 0 Å². The predicted octanol–water partition coefficient (Wildman–Crippen LogP) is 1.24. The molecule has 0 amide bonds. The number of para-hydroxylation sites is 1. The van der Waals surface area contributed by atoms with Crippen LogP contribution in [0.5, 0.6) is 0 Å². The smallest absolute Gasteiger partial charge is 0.168 e. The minimum Gasteiger partial charge on any atom is -0.308 e. The molecule has 0 unspecified atom stereocenters. The number of hydrogen-bond acceptors (Lipinski definition) is 5. The maximum atomic E-state index is 13.7. The molecule has 0 aliphatic carbocycles. The molecule has 2 aromatic heterocycles. The van der Waals surface area contributed by atoms with Crippen LogP contribution >= 0.6 is 0 Å². The van der Waals surface area contributed by atoms with Gasteiger partial charge in [-0.1, -0.05) is 12.1 Å². The number of rotatable bonds is 2. The summed E-state index contributed by atoms with van der Waals surface area (Å²) < 4.78 is 15.1. The van der Waals surface area contributed by atoms with Gasteiger partial charge in [-0.2, -0.15) is 5.10 Å². The highest BCUT2D eigenvalue weighted by Crippen LogP contribution is 2.21. The average Bonchev–Trinajstić information content (AvgIpc) is 2.83. The predicted molar refractivity (Wildman–Crippen MR) is 64.4 cm³/mol. The third-order valence-electron chi connectivity index (χ3n) is 2.58. The molecule has 3 aromatic rings. The van der Waals surface area contributed by atoms with E-state index in [0.717, 1.165) is 0 Å². The molecule has 0 atom stereocenters. The summed E-state index contributed by atoms with van der Waals surface area (Å²) in [6, 6.07) is 6.34. The van der Waals surface area contributed by atoms with Crippen molar-refractivity contribution < 1.29 is 4.39 Å². The molecule has 0 bridgehead atoms. The Morgan fingerprint density at radius 3 is 2.83 bits per heavy atom. The first-order valence-electron chi connectivity index (χ1n) is 5.21. The van der Waals surface area contributed by atoms with E-state index >= 15 is 0 Å². The number of nitrogen functional groups attached to an aromatic ring is 1. The number of fused-ring (bicyclic) bond motifs is 1. The van der Waals surface area contributed by atoms with E-state index < -0.39 is 0 Å². The number of anilines is 1. The van der Waals surface area contributed by atoms with Crippen molar-refractivity contribution in [3.8, 4) is 5.69 Å². The van der Waals surface area contributed by atoms with Gasteiger partial charge in [-0.25, -0.2) is 24.9 Å². The lowest BCUT2D eigenvalue weighted by Crippen LogP contribution is -2.09. The monoisotopic (exact) mass is 244 g/mol. The quantitative estimate of drug-likeness (QED) is 0.523. The first kappa shape index (κ1) is 10.6. The highest BCUT2D eigenvalue weighted by Gasteiger charge is 2.12. The molecule has 3 rings (SSSR count). The van der Waals surface area contributed by atoms with Gasteiger partial charge in [0.05, 0.1) is 11.6 Å². The summed E-state index contributed by atoms with van der Waals surface area (Å²) in [7, 11) is 0. The van der Waals surface area contributed by atoms with Crippen LogP contribution in [0.3, 0.4) is 0 Å². The van der Waals surface area contributed by atoms with Crippen molar-refractivity contribution in [3.05, 3.63) is 42.6 Å². The second-order valence-corrected chi connectivity index (χ2v) is 3.61. The lowest BCUT2D eigenvalue weighted by molar-refractivity contribution is 0.612. The van der Waals surface area contributed by atoms with Crippen molar-refractivity contribution in [1.29, 1.82) is 0 Å². The van der Waals surface area contributed by atoms with E-state index in [1.54, 1.807) is 18.2 Å². The minimum absolute atomic E-state index is 0.328. The normalized spacial score (nSPS) is 10.8. The van der Waals surface area contributed by atoms with Gasteiger partial charge in [-0.3, -0.25) is 0 Å². The zero-order chi connectivity index (χ0) is 12.5. The number of hydrogen-bond donors (Lipinski definition) is 2. The van der Waals surface area contributed by atoms with E-state index in [9.17, 15) is 4.39 Å². The van der Waals surface area contributed by atoms with Crippen molar-refractivity contribution in [2.24, 2.45) is 5.84 Å². The highest BCUT2D eigenvalue weighted by molar-refractivity contribution is 5.86. The fourth-order valence-corrected chi connectivity index (χ4v) is 1.76. The molecule has 0 saturated carbocycles. The van der Waals surface area contributed by atoms with Gasteiger partial charge in [-0.05, 0) is 12.1 Å². The lowest BCUT2D eigenvalue weighted by atomic mass is 10.3. The van der Waals surface area contributed by atoms with Gasteiger partial charge in [-0.15, -0.1) is 0 Å². The van der Waals surface area contributed by atoms with E-state index in [-0.39, 0.29) is 5.82 Å². The van der Waals surface area contributed by atoms with Crippen LogP contribution in [0.25, 0.3) is 16.7 Å². The molecule has 0 radical (unpaired) electrons. The molecule has 7 heteroatoms. The first-order valence-corrected chi connectivity index (χ1v) is 5.21. The summed E-state index contributed by atoms with van der Waals surface area (Å²) in [4.78, 5) is 8.05. The Labute approximate surface area is 101 Å². The third kappa shape index (κ3) is 1.49. The fraction of sp³-hybridized carbons (Fsp3) is 0. The van der Waals surface area contributed by atoms with Gasteiger partial charge in [0.15, 0.2) is 11.5 Å². The molecule has 6 nitrogen and oxygen atoms in total. The third-order valence-corrected chi connectivity index (χ3v) is 2.58.